The number of esters is 1. The zero-order chi connectivity index (χ0) is 28.6. The summed E-state index contributed by atoms with van der Waals surface area (Å²) in [5.41, 5.74) is 1.49. The first-order valence-corrected chi connectivity index (χ1v) is 15.3. The average Bonchev–Trinajstić information content (AvgIpc) is 3.35. The van der Waals surface area contributed by atoms with Crippen molar-refractivity contribution in [3.05, 3.63) is 65.7 Å². The highest BCUT2D eigenvalue weighted by molar-refractivity contribution is 7.89. The summed E-state index contributed by atoms with van der Waals surface area (Å²) < 4.78 is 46.9. The third-order valence-electron chi connectivity index (χ3n) is 6.60. The Morgan fingerprint density at radius 2 is 1.72 bits per heavy atom. The van der Waals surface area contributed by atoms with E-state index >= 15 is 0 Å². The number of aryl methyl sites for hydroxylation is 1. The molecule has 1 heterocycles. The number of carbonyl (C=O) groups is 1. The van der Waals surface area contributed by atoms with Gasteiger partial charge in [0, 0.05) is 25.4 Å². The monoisotopic (exact) mass is 559 g/mol. The lowest BCUT2D eigenvalue weighted by molar-refractivity contribution is -0.154. The Hall–Kier alpha value is -2.26. The van der Waals surface area contributed by atoms with Crippen LogP contribution in [0.5, 0.6) is 0 Å². The summed E-state index contributed by atoms with van der Waals surface area (Å²) in [4.78, 5) is 13.4. The van der Waals surface area contributed by atoms with E-state index in [1.54, 1.807) is 12.1 Å². The summed E-state index contributed by atoms with van der Waals surface area (Å²) in [5.74, 6) is -0.518. The van der Waals surface area contributed by atoms with Crippen molar-refractivity contribution >= 4 is 16.0 Å². The molecule has 1 fully saturated rings. The second-order valence-electron chi connectivity index (χ2n) is 11.9. The first-order valence-electron chi connectivity index (χ1n) is 13.9. The molecule has 0 bridgehead atoms. The molecule has 0 aliphatic carbocycles. The van der Waals surface area contributed by atoms with Crippen LogP contribution in [0.15, 0.2) is 59.5 Å². The van der Waals surface area contributed by atoms with Gasteiger partial charge in [0.05, 0.1) is 36.2 Å². The van der Waals surface area contributed by atoms with Crippen molar-refractivity contribution in [3.63, 3.8) is 0 Å². The Labute approximate surface area is 234 Å². The first kappa shape index (κ1) is 31.3. The second kappa shape index (κ2) is 13.9. The zero-order valence-electron chi connectivity index (χ0n) is 24.3. The van der Waals surface area contributed by atoms with Crippen LogP contribution in [0.1, 0.15) is 58.6 Å². The predicted octanol–water partition coefficient (Wildman–Crippen LogP) is 5.41. The molecule has 0 amide bonds. The molecule has 216 valence electrons. The Balaban J connectivity index is 1.95. The smallest absolute Gasteiger partial charge is 0.306 e. The molecule has 8 heteroatoms. The number of carbonyl (C=O) groups excluding carboxylic acids is 1. The highest BCUT2D eigenvalue weighted by atomic mass is 32.2. The van der Waals surface area contributed by atoms with Gasteiger partial charge in [-0.15, -0.1) is 0 Å². The highest BCUT2D eigenvalue weighted by Gasteiger charge is 2.36. The van der Waals surface area contributed by atoms with Gasteiger partial charge < -0.3 is 14.2 Å². The number of hydrogen-bond acceptors (Lipinski definition) is 6. The molecule has 0 aromatic heterocycles. The van der Waals surface area contributed by atoms with Crippen LogP contribution in [-0.2, 0) is 35.4 Å². The Kier molecular flexibility index (Phi) is 11.1. The van der Waals surface area contributed by atoms with E-state index in [9.17, 15) is 13.2 Å². The molecule has 0 unspecified atom stereocenters. The fraction of sp³-hybridized carbons (Fsp3) is 0.581. The third kappa shape index (κ3) is 10.0. The third-order valence-corrected chi connectivity index (χ3v) is 8.44. The molecule has 3 rings (SSSR count). The number of nitrogens with zero attached hydrogens (tertiary/aromatic N) is 1. The molecule has 0 N–H and O–H groups in total. The first-order chi connectivity index (χ1) is 18.3. The number of hydrogen-bond donors (Lipinski definition) is 0. The number of ether oxygens (including phenoxy) is 3. The van der Waals surface area contributed by atoms with E-state index in [0.29, 0.717) is 32.6 Å². The summed E-state index contributed by atoms with van der Waals surface area (Å²) >= 11 is 0. The summed E-state index contributed by atoms with van der Waals surface area (Å²) in [6, 6.07) is 16.8. The zero-order valence-corrected chi connectivity index (χ0v) is 25.1. The van der Waals surface area contributed by atoms with Crippen LogP contribution in [0.2, 0.25) is 0 Å². The normalized spacial score (nSPS) is 17.9. The van der Waals surface area contributed by atoms with Crippen molar-refractivity contribution in [1.82, 2.24) is 4.31 Å². The maximum atomic E-state index is 13.9. The number of rotatable bonds is 13. The average molecular weight is 560 g/mol. The van der Waals surface area contributed by atoms with E-state index in [4.69, 9.17) is 14.2 Å². The largest absolute Gasteiger partial charge is 0.460 e. The van der Waals surface area contributed by atoms with Gasteiger partial charge in [0.2, 0.25) is 10.0 Å². The molecule has 0 saturated carbocycles. The van der Waals surface area contributed by atoms with E-state index in [1.165, 1.54) is 4.31 Å². The fourth-order valence-corrected chi connectivity index (χ4v) is 6.40. The SMILES string of the molecule is Cc1ccc(S(=O)(=O)N(CC(C)C)C[C@@H](OC(C)(C)C)[C@@H](CC(=O)O[C@H]2CCOC2)Cc2ccccc2)cc1. The lowest BCUT2D eigenvalue weighted by Crippen LogP contribution is -2.46. The second-order valence-corrected chi connectivity index (χ2v) is 13.9. The van der Waals surface area contributed by atoms with Gasteiger partial charge in [0.25, 0.3) is 0 Å². The molecule has 0 spiro atoms. The van der Waals surface area contributed by atoms with Crippen LogP contribution >= 0.6 is 0 Å². The van der Waals surface area contributed by atoms with Gasteiger partial charge in [-0.05, 0) is 57.7 Å². The topological polar surface area (TPSA) is 82.1 Å². The highest BCUT2D eigenvalue weighted by Crippen LogP contribution is 2.28. The summed E-state index contributed by atoms with van der Waals surface area (Å²) in [7, 11) is -3.80. The molecule has 2 aromatic rings. The molecule has 1 aliphatic rings. The van der Waals surface area contributed by atoms with Gasteiger partial charge >= 0.3 is 5.97 Å². The number of benzene rings is 2. The minimum Gasteiger partial charge on any atom is -0.460 e. The van der Waals surface area contributed by atoms with Crippen LogP contribution in [0, 0.1) is 18.8 Å². The van der Waals surface area contributed by atoms with Crippen molar-refractivity contribution in [2.45, 2.75) is 83.5 Å². The van der Waals surface area contributed by atoms with Gasteiger partial charge in [-0.25, -0.2) is 8.42 Å². The van der Waals surface area contributed by atoms with E-state index < -0.39 is 21.7 Å². The lowest BCUT2D eigenvalue weighted by atomic mass is 9.90. The van der Waals surface area contributed by atoms with Gasteiger partial charge in [-0.2, -0.15) is 4.31 Å². The maximum Gasteiger partial charge on any atom is 0.306 e. The quantitative estimate of drug-likeness (QED) is 0.306. The van der Waals surface area contributed by atoms with Gasteiger partial charge in [-0.1, -0.05) is 61.9 Å². The Bertz CT molecular complexity index is 1140. The minimum atomic E-state index is -3.80. The fourth-order valence-electron chi connectivity index (χ4n) is 4.78. The summed E-state index contributed by atoms with van der Waals surface area (Å²) in [6.45, 7) is 13.3. The molecule has 0 radical (unpaired) electrons. The summed E-state index contributed by atoms with van der Waals surface area (Å²) in [6.07, 6.45) is 0.575. The van der Waals surface area contributed by atoms with Gasteiger partial charge in [-0.3, -0.25) is 4.79 Å². The van der Waals surface area contributed by atoms with E-state index in [0.717, 1.165) is 11.1 Å². The molecule has 1 saturated heterocycles. The van der Waals surface area contributed by atoms with Crippen molar-refractivity contribution < 1.29 is 27.4 Å². The Morgan fingerprint density at radius 3 is 2.28 bits per heavy atom. The molecule has 3 atom stereocenters. The van der Waals surface area contributed by atoms with E-state index in [1.807, 2.05) is 84.0 Å². The molecule has 7 nitrogen and oxygen atoms in total. The van der Waals surface area contributed by atoms with Crippen molar-refractivity contribution in [2.75, 3.05) is 26.3 Å². The van der Waals surface area contributed by atoms with Crippen LogP contribution in [-0.4, -0.2) is 62.8 Å². The lowest BCUT2D eigenvalue weighted by Gasteiger charge is -2.37. The van der Waals surface area contributed by atoms with Crippen LogP contribution < -0.4 is 0 Å². The molecular weight excluding hydrogens is 514 g/mol. The predicted molar refractivity (Wildman–Crippen MR) is 153 cm³/mol. The standard InChI is InChI=1S/C31H45NO6S/c1-23(2)20-32(39(34,35)28-14-12-24(3)13-15-28)21-29(38-31(4,5)6)26(18-25-10-8-7-9-11-25)19-30(33)37-27-16-17-36-22-27/h7-15,23,26-27,29H,16-22H2,1-6H3/t26-,27+,29-/m1/s1. The molecule has 1 aliphatic heterocycles. The van der Waals surface area contributed by atoms with Gasteiger partial charge in [0.15, 0.2) is 0 Å². The Morgan fingerprint density at radius 1 is 1.05 bits per heavy atom. The van der Waals surface area contributed by atoms with Crippen molar-refractivity contribution in [1.29, 1.82) is 0 Å². The van der Waals surface area contributed by atoms with Crippen LogP contribution in [0.25, 0.3) is 0 Å². The molecular formula is C31H45NO6S. The van der Waals surface area contributed by atoms with Crippen LogP contribution in [0.4, 0.5) is 0 Å². The van der Waals surface area contributed by atoms with Crippen molar-refractivity contribution in [2.24, 2.45) is 11.8 Å². The van der Waals surface area contributed by atoms with E-state index in [-0.39, 0.29) is 41.8 Å². The van der Waals surface area contributed by atoms with E-state index in [2.05, 4.69) is 0 Å². The summed E-state index contributed by atoms with van der Waals surface area (Å²) in [5, 5.41) is 0. The van der Waals surface area contributed by atoms with Crippen molar-refractivity contribution in [3.8, 4) is 0 Å². The number of sulfonamides is 1. The maximum absolute atomic E-state index is 13.9. The minimum absolute atomic E-state index is 0.0976. The van der Waals surface area contributed by atoms with Gasteiger partial charge in [0.1, 0.15) is 6.10 Å². The molecule has 2 aromatic carbocycles. The molecule has 39 heavy (non-hydrogen) atoms. The van der Waals surface area contributed by atoms with Crippen LogP contribution in [0.3, 0.4) is 0 Å².